The first-order valence-corrected chi connectivity index (χ1v) is 7.13. The second-order valence-electron chi connectivity index (χ2n) is 5.29. The molecule has 100 valence electrons. The normalized spacial score (nSPS) is 17.4. The maximum Gasteiger partial charge on any atom is 0.0442 e. The van der Waals surface area contributed by atoms with Gasteiger partial charge in [-0.15, -0.1) is 0 Å². The zero-order valence-corrected chi connectivity index (χ0v) is 11.7. The first-order valence-electron chi connectivity index (χ1n) is 7.13. The molecule has 0 saturated heterocycles. The topological polar surface area (TPSA) is 28.2 Å². The molecule has 0 radical (unpaired) electrons. The molecule has 1 aliphatic rings. The summed E-state index contributed by atoms with van der Waals surface area (Å²) >= 11 is 0. The lowest BCUT2D eigenvalue weighted by Gasteiger charge is -2.30. The molecule has 1 aliphatic carbocycles. The van der Waals surface area contributed by atoms with E-state index in [-0.39, 0.29) is 0 Å². The number of hydrogen-bond acceptors (Lipinski definition) is 3. The molecular weight excluding hydrogens is 222 g/mol. The number of aromatic nitrogens is 1. The van der Waals surface area contributed by atoms with Gasteiger partial charge in [0.25, 0.3) is 0 Å². The van der Waals surface area contributed by atoms with Gasteiger partial charge in [-0.2, -0.15) is 0 Å². The number of rotatable bonds is 4. The molecule has 18 heavy (non-hydrogen) atoms. The summed E-state index contributed by atoms with van der Waals surface area (Å²) in [6.07, 6.45) is 12.1. The number of anilines is 1. The third-order valence-corrected chi connectivity index (χ3v) is 4.00. The molecule has 1 aromatic rings. The fourth-order valence-corrected chi connectivity index (χ4v) is 2.93. The molecule has 3 heteroatoms. The van der Waals surface area contributed by atoms with Crippen molar-refractivity contribution in [3.8, 4) is 0 Å². The highest BCUT2D eigenvalue weighted by molar-refractivity contribution is 5.52. The number of nitrogens with one attached hydrogen (secondary N) is 1. The van der Waals surface area contributed by atoms with Gasteiger partial charge in [0.2, 0.25) is 0 Å². The molecule has 1 heterocycles. The first-order chi connectivity index (χ1) is 8.83. The Labute approximate surface area is 111 Å². The van der Waals surface area contributed by atoms with Crippen molar-refractivity contribution in [2.75, 3.05) is 19.0 Å². The summed E-state index contributed by atoms with van der Waals surface area (Å²) in [5.74, 6) is 0. The van der Waals surface area contributed by atoms with Gasteiger partial charge in [0.05, 0.1) is 0 Å². The number of hydrogen-bond donors (Lipinski definition) is 1. The molecule has 0 amide bonds. The van der Waals surface area contributed by atoms with Crippen molar-refractivity contribution in [2.45, 2.75) is 51.1 Å². The quantitative estimate of drug-likeness (QED) is 0.829. The van der Waals surface area contributed by atoms with Gasteiger partial charge in [-0.25, -0.2) is 0 Å². The van der Waals surface area contributed by atoms with Gasteiger partial charge in [0, 0.05) is 43.3 Å². The number of pyridine rings is 1. The van der Waals surface area contributed by atoms with Crippen molar-refractivity contribution in [1.29, 1.82) is 0 Å². The van der Waals surface area contributed by atoms with E-state index in [1.54, 1.807) is 0 Å². The van der Waals surface area contributed by atoms with Crippen molar-refractivity contribution < 1.29 is 0 Å². The van der Waals surface area contributed by atoms with E-state index in [4.69, 9.17) is 0 Å². The first kappa shape index (κ1) is 13.3. The molecular formula is C15H25N3. The Balaban J connectivity index is 2.13. The van der Waals surface area contributed by atoms with Gasteiger partial charge in [-0.3, -0.25) is 4.98 Å². The minimum absolute atomic E-state index is 0.700. The molecule has 1 saturated carbocycles. The highest BCUT2D eigenvalue weighted by Crippen LogP contribution is 2.27. The van der Waals surface area contributed by atoms with Crippen molar-refractivity contribution in [3.63, 3.8) is 0 Å². The van der Waals surface area contributed by atoms with Crippen LogP contribution >= 0.6 is 0 Å². The van der Waals surface area contributed by atoms with Crippen molar-refractivity contribution in [2.24, 2.45) is 0 Å². The Morgan fingerprint density at radius 2 is 2.00 bits per heavy atom. The van der Waals surface area contributed by atoms with Gasteiger partial charge >= 0.3 is 0 Å². The summed E-state index contributed by atoms with van der Waals surface area (Å²) < 4.78 is 0. The second-order valence-corrected chi connectivity index (χ2v) is 5.29. The lowest BCUT2D eigenvalue weighted by Crippen LogP contribution is -2.32. The monoisotopic (exact) mass is 247 g/mol. The highest BCUT2D eigenvalue weighted by Gasteiger charge is 2.18. The van der Waals surface area contributed by atoms with Crippen LogP contribution in [0.5, 0.6) is 0 Å². The standard InChI is InChI=1S/C15H25N3/c1-16-11-13-12-17-10-9-15(13)18(2)14-7-5-3-4-6-8-14/h9-10,12,14,16H,3-8,11H2,1-2H3. The summed E-state index contributed by atoms with van der Waals surface area (Å²) in [5, 5.41) is 3.23. The maximum absolute atomic E-state index is 4.24. The summed E-state index contributed by atoms with van der Waals surface area (Å²) in [6.45, 7) is 0.889. The van der Waals surface area contributed by atoms with E-state index < -0.39 is 0 Å². The average molecular weight is 247 g/mol. The van der Waals surface area contributed by atoms with Gasteiger partial charge in [0.1, 0.15) is 0 Å². The largest absolute Gasteiger partial charge is 0.371 e. The van der Waals surface area contributed by atoms with Crippen LogP contribution in [0.3, 0.4) is 0 Å². The molecule has 1 aromatic heterocycles. The molecule has 0 bridgehead atoms. The van der Waals surface area contributed by atoms with Crippen LogP contribution in [0.2, 0.25) is 0 Å². The Morgan fingerprint density at radius 3 is 2.67 bits per heavy atom. The van der Waals surface area contributed by atoms with Crippen molar-refractivity contribution in [3.05, 3.63) is 24.0 Å². The van der Waals surface area contributed by atoms with Crippen LogP contribution in [-0.2, 0) is 6.54 Å². The second kappa shape index (κ2) is 6.74. The third-order valence-electron chi connectivity index (χ3n) is 4.00. The molecule has 0 aromatic carbocycles. The summed E-state index contributed by atoms with van der Waals surface area (Å²) in [7, 11) is 4.23. The van der Waals surface area contributed by atoms with Gasteiger partial charge < -0.3 is 10.2 Å². The smallest absolute Gasteiger partial charge is 0.0442 e. The van der Waals surface area contributed by atoms with E-state index in [1.807, 2.05) is 19.4 Å². The minimum atomic E-state index is 0.700. The van der Waals surface area contributed by atoms with Crippen LogP contribution in [0.1, 0.15) is 44.1 Å². The van der Waals surface area contributed by atoms with Crippen LogP contribution in [0.15, 0.2) is 18.5 Å². The zero-order valence-electron chi connectivity index (χ0n) is 11.7. The van der Waals surface area contributed by atoms with E-state index in [9.17, 15) is 0 Å². The van der Waals surface area contributed by atoms with Crippen molar-refractivity contribution >= 4 is 5.69 Å². The molecule has 0 spiro atoms. The fraction of sp³-hybridized carbons (Fsp3) is 0.667. The number of nitrogens with zero attached hydrogens (tertiary/aromatic N) is 2. The van der Waals surface area contributed by atoms with Crippen LogP contribution in [0.4, 0.5) is 5.69 Å². The van der Waals surface area contributed by atoms with Gasteiger partial charge in [0.15, 0.2) is 0 Å². The van der Waals surface area contributed by atoms with Crippen LogP contribution in [-0.4, -0.2) is 25.1 Å². The SMILES string of the molecule is CNCc1cnccc1N(C)C1CCCCCC1. The van der Waals surface area contributed by atoms with Crippen LogP contribution < -0.4 is 10.2 Å². The molecule has 0 atom stereocenters. The zero-order chi connectivity index (χ0) is 12.8. The predicted octanol–water partition coefficient (Wildman–Crippen LogP) is 2.96. The lowest BCUT2D eigenvalue weighted by atomic mass is 10.1. The summed E-state index contributed by atoms with van der Waals surface area (Å²) in [5.41, 5.74) is 2.64. The van der Waals surface area contributed by atoms with E-state index in [1.165, 1.54) is 49.8 Å². The fourth-order valence-electron chi connectivity index (χ4n) is 2.93. The Bertz CT molecular complexity index is 357. The molecule has 2 rings (SSSR count). The van der Waals surface area contributed by atoms with Gasteiger partial charge in [-0.05, 0) is 26.0 Å². The van der Waals surface area contributed by atoms with Gasteiger partial charge in [-0.1, -0.05) is 25.7 Å². The third kappa shape index (κ3) is 3.22. The molecule has 0 unspecified atom stereocenters. The maximum atomic E-state index is 4.24. The van der Waals surface area contributed by atoms with E-state index in [2.05, 4.69) is 28.3 Å². The minimum Gasteiger partial charge on any atom is -0.371 e. The molecule has 1 N–H and O–H groups in total. The van der Waals surface area contributed by atoms with E-state index in [0.717, 1.165) is 6.54 Å². The summed E-state index contributed by atoms with van der Waals surface area (Å²) in [4.78, 5) is 6.72. The Hall–Kier alpha value is -1.09. The predicted molar refractivity (Wildman–Crippen MR) is 76.9 cm³/mol. The van der Waals surface area contributed by atoms with Crippen LogP contribution in [0.25, 0.3) is 0 Å². The van der Waals surface area contributed by atoms with Crippen LogP contribution in [0, 0.1) is 0 Å². The molecule has 3 nitrogen and oxygen atoms in total. The molecule has 1 fully saturated rings. The highest BCUT2D eigenvalue weighted by atomic mass is 15.1. The van der Waals surface area contributed by atoms with E-state index in [0.29, 0.717) is 6.04 Å². The Kier molecular flexibility index (Phi) is 5.00. The van der Waals surface area contributed by atoms with Crippen molar-refractivity contribution in [1.82, 2.24) is 10.3 Å². The summed E-state index contributed by atoms with van der Waals surface area (Å²) in [6, 6.07) is 2.85. The average Bonchev–Trinajstić information content (AvgIpc) is 2.68. The Morgan fingerprint density at radius 1 is 1.28 bits per heavy atom. The molecule has 0 aliphatic heterocycles. The van der Waals surface area contributed by atoms with E-state index >= 15 is 0 Å². The lowest BCUT2D eigenvalue weighted by molar-refractivity contribution is 0.551.